The highest BCUT2D eigenvalue weighted by Crippen LogP contribution is 2.38. The van der Waals surface area contributed by atoms with Crippen molar-refractivity contribution >= 4 is 17.5 Å². The Bertz CT molecular complexity index is 1490. The average Bonchev–Trinajstić information content (AvgIpc) is 3.34. The number of hydrogen-bond donors (Lipinski definition) is 2. The van der Waals surface area contributed by atoms with Crippen LogP contribution in [0, 0.1) is 6.92 Å². The summed E-state index contributed by atoms with van der Waals surface area (Å²) in [7, 11) is 1.63. The third-order valence-electron chi connectivity index (χ3n) is 5.78. The predicted octanol–water partition coefficient (Wildman–Crippen LogP) is 3.98. The zero-order chi connectivity index (χ0) is 24.7. The van der Waals surface area contributed by atoms with Gasteiger partial charge in [-0.2, -0.15) is 18.2 Å². The van der Waals surface area contributed by atoms with Crippen molar-refractivity contribution < 1.29 is 18.0 Å². The Balaban J connectivity index is 1.54. The van der Waals surface area contributed by atoms with Gasteiger partial charge in [-0.3, -0.25) is 9.79 Å². The number of anilines is 2. The number of benzene rings is 1. The van der Waals surface area contributed by atoms with Gasteiger partial charge in [-0.1, -0.05) is 6.07 Å². The average molecular weight is 479 g/mol. The van der Waals surface area contributed by atoms with E-state index in [2.05, 4.69) is 35.1 Å². The third-order valence-corrected chi connectivity index (χ3v) is 5.78. The van der Waals surface area contributed by atoms with Crippen molar-refractivity contribution in [3.63, 3.8) is 0 Å². The van der Waals surface area contributed by atoms with Crippen LogP contribution in [0.2, 0.25) is 0 Å². The molecule has 2 N–H and O–H groups in total. The summed E-state index contributed by atoms with van der Waals surface area (Å²) in [6.45, 7) is 3.33. The normalized spacial score (nSPS) is 13.6. The molecule has 35 heavy (non-hydrogen) atoms. The van der Waals surface area contributed by atoms with E-state index in [1.807, 2.05) is 13.0 Å². The highest BCUT2D eigenvalue weighted by molar-refractivity contribution is 6.04. The van der Waals surface area contributed by atoms with E-state index >= 15 is 0 Å². The number of pyridine rings is 2. The van der Waals surface area contributed by atoms with Gasteiger partial charge in [-0.25, -0.2) is 9.97 Å². The predicted molar refractivity (Wildman–Crippen MR) is 124 cm³/mol. The van der Waals surface area contributed by atoms with Gasteiger partial charge in [0.25, 0.3) is 5.91 Å². The highest BCUT2D eigenvalue weighted by Gasteiger charge is 2.31. The topological polar surface area (TPSA) is 97.1 Å². The maximum Gasteiger partial charge on any atom is 0.416 e. The van der Waals surface area contributed by atoms with E-state index < -0.39 is 17.6 Å². The van der Waals surface area contributed by atoms with E-state index in [0.717, 1.165) is 52.6 Å². The van der Waals surface area contributed by atoms with E-state index in [0.29, 0.717) is 12.2 Å². The van der Waals surface area contributed by atoms with Gasteiger partial charge in [-0.15, -0.1) is 0 Å². The van der Waals surface area contributed by atoms with Crippen molar-refractivity contribution in [3.05, 3.63) is 71.1 Å². The molecule has 8 nitrogen and oxygen atoms in total. The molecule has 0 unspecified atom stereocenters. The lowest BCUT2D eigenvalue weighted by molar-refractivity contribution is -0.137. The van der Waals surface area contributed by atoms with Crippen molar-refractivity contribution in [2.45, 2.75) is 19.6 Å². The zero-order valence-corrected chi connectivity index (χ0v) is 18.8. The Labute approximate surface area is 198 Å². The van der Waals surface area contributed by atoms with Gasteiger partial charge in [0.2, 0.25) is 5.62 Å². The fraction of sp³-hybridized carbons (Fsp3) is 0.208. The van der Waals surface area contributed by atoms with Crippen LogP contribution in [0.4, 0.5) is 24.8 Å². The lowest BCUT2D eigenvalue weighted by Crippen LogP contribution is -2.17. The number of aryl methyl sites for hydroxylation is 1. The van der Waals surface area contributed by atoms with Gasteiger partial charge in [0.05, 0.1) is 5.56 Å². The number of nitrogens with zero attached hydrogens (tertiary/aromatic N) is 5. The fourth-order valence-electron chi connectivity index (χ4n) is 4.08. The number of halogens is 3. The summed E-state index contributed by atoms with van der Waals surface area (Å²) in [6.07, 6.45) is -1.21. The molecule has 3 aliphatic heterocycles. The molecular formula is C24H20F3N7O. The van der Waals surface area contributed by atoms with Gasteiger partial charge in [0, 0.05) is 49.2 Å². The molecule has 5 rings (SSSR count). The summed E-state index contributed by atoms with van der Waals surface area (Å²) in [5.41, 5.74) is 2.76. The summed E-state index contributed by atoms with van der Waals surface area (Å²) in [5.74, 6) is 1.16. The number of carbonyl (C=O) groups is 1. The van der Waals surface area contributed by atoms with Crippen LogP contribution in [0.25, 0.3) is 22.5 Å². The van der Waals surface area contributed by atoms with Crippen molar-refractivity contribution in [1.82, 2.24) is 19.5 Å². The molecule has 1 aromatic heterocycles. The molecule has 0 bridgehead atoms. The Hall–Kier alpha value is -4.28. The third kappa shape index (κ3) is 4.20. The Morgan fingerprint density at radius 2 is 1.97 bits per heavy atom. The molecule has 0 fully saturated rings. The van der Waals surface area contributed by atoms with Crippen LogP contribution in [0.1, 0.15) is 21.5 Å². The molecule has 0 saturated carbocycles. The SMILES string of the molecule is CN=c1ncc2cc(-c3cc(NC(=O)c4cccc(C(F)(F)F)c4)ncc3C)c3n(c-2n1)CCN3. The molecule has 11 heteroatoms. The molecule has 4 heterocycles. The second kappa shape index (κ2) is 8.49. The Morgan fingerprint density at radius 3 is 2.74 bits per heavy atom. The molecule has 1 amide bonds. The Kier molecular flexibility index (Phi) is 5.46. The van der Waals surface area contributed by atoms with E-state index in [1.165, 1.54) is 12.1 Å². The zero-order valence-electron chi connectivity index (χ0n) is 18.8. The summed E-state index contributed by atoms with van der Waals surface area (Å²) in [5, 5.41) is 6.00. The van der Waals surface area contributed by atoms with Gasteiger partial charge < -0.3 is 15.2 Å². The van der Waals surface area contributed by atoms with Crippen LogP contribution in [0.15, 0.2) is 53.8 Å². The molecule has 0 radical (unpaired) electrons. The molecule has 0 atom stereocenters. The summed E-state index contributed by atoms with van der Waals surface area (Å²) in [4.78, 5) is 29.8. The first-order chi connectivity index (χ1) is 16.7. The van der Waals surface area contributed by atoms with Crippen LogP contribution in [-0.2, 0) is 12.7 Å². The minimum Gasteiger partial charge on any atom is -0.369 e. The molecule has 0 spiro atoms. The van der Waals surface area contributed by atoms with Gasteiger partial charge in [-0.05, 0) is 48.4 Å². The first kappa shape index (κ1) is 22.5. The van der Waals surface area contributed by atoms with E-state index in [-0.39, 0.29) is 11.4 Å². The second-order valence-electron chi connectivity index (χ2n) is 8.07. The van der Waals surface area contributed by atoms with Crippen LogP contribution in [0.5, 0.6) is 0 Å². The lowest BCUT2D eigenvalue weighted by atomic mass is 10.0. The van der Waals surface area contributed by atoms with Crippen LogP contribution >= 0.6 is 0 Å². The molecular weight excluding hydrogens is 459 g/mol. The van der Waals surface area contributed by atoms with Crippen LogP contribution in [-0.4, -0.2) is 39.0 Å². The molecule has 2 aromatic rings. The molecule has 0 saturated heterocycles. The lowest BCUT2D eigenvalue weighted by Gasteiger charge is -2.18. The molecule has 0 aliphatic carbocycles. The Morgan fingerprint density at radius 1 is 1.14 bits per heavy atom. The minimum atomic E-state index is -4.54. The highest BCUT2D eigenvalue weighted by atomic mass is 19.4. The fourth-order valence-corrected chi connectivity index (χ4v) is 4.08. The smallest absolute Gasteiger partial charge is 0.369 e. The number of carbonyl (C=O) groups excluding carboxylic acids is 1. The summed E-state index contributed by atoms with van der Waals surface area (Å²) in [6, 6.07) is 7.93. The van der Waals surface area contributed by atoms with E-state index in [1.54, 1.807) is 25.5 Å². The first-order valence-electron chi connectivity index (χ1n) is 10.8. The van der Waals surface area contributed by atoms with Crippen molar-refractivity contribution in [2.24, 2.45) is 4.99 Å². The second-order valence-corrected chi connectivity index (χ2v) is 8.07. The number of amides is 1. The monoisotopic (exact) mass is 479 g/mol. The van der Waals surface area contributed by atoms with E-state index in [9.17, 15) is 18.0 Å². The van der Waals surface area contributed by atoms with Gasteiger partial charge in [0.15, 0.2) is 0 Å². The first-order valence-corrected chi connectivity index (χ1v) is 10.8. The van der Waals surface area contributed by atoms with Crippen LogP contribution in [0.3, 0.4) is 0 Å². The molecule has 3 aliphatic rings. The molecule has 1 aromatic carbocycles. The minimum absolute atomic E-state index is 0.109. The van der Waals surface area contributed by atoms with Crippen molar-refractivity contribution in [3.8, 4) is 22.5 Å². The van der Waals surface area contributed by atoms with Crippen molar-refractivity contribution in [2.75, 3.05) is 24.2 Å². The maximum atomic E-state index is 13.0. The quantitative estimate of drug-likeness (QED) is 0.463. The largest absolute Gasteiger partial charge is 0.416 e. The number of fused-ring (bicyclic) bond motifs is 3. The summed E-state index contributed by atoms with van der Waals surface area (Å²) < 4.78 is 41.2. The standard InChI is InChI=1S/C24H20F3N7O/c1-13-11-30-19(32-22(35)14-4-3-5-16(8-14)24(25,26)27)10-17(13)18-9-15-12-31-23(28-2)33-20(15)34-7-6-29-21(18)34/h3-5,8-12,29H,6-7H2,1-2H3,(H,30,32,35). The van der Waals surface area contributed by atoms with Gasteiger partial charge >= 0.3 is 6.18 Å². The van der Waals surface area contributed by atoms with Gasteiger partial charge in [0.1, 0.15) is 17.5 Å². The number of hydrogen-bond acceptors (Lipinski definition) is 6. The summed E-state index contributed by atoms with van der Waals surface area (Å²) >= 11 is 0. The number of rotatable bonds is 3. The number of nitrogens with one attached hydrogen (secondary N) is 2. The van der Waals surface area contributed by atoms with E-state index in [4.69, 9.17) is 0 Å². The number of alkyl halides is 3. The maximum absolute atomic E-state index is 13.0. The molecule has 178 valence electrons. The number of aromatic nitrogens is 4. The van der Waals surface area contributed by atoms with Crippen LogP contribution < -0.4 is 16.3 Å². The van der Waals surface area contributed by atoms with Crippen molar-refractivity contribution in [1.29, 1.82) is 0 Å².